The van der Waals surface area contributed by atoms with E-state index in [0.717, 1.165) is 18.0 Å². The molecule has 0 aliphatic heterocycles. The molecule has 16 heavy (non-hydrogen) atoms. The first kappa shape index (κ1) is 11.9. The zero-order valence-corrected chi connectivity index (χ0v) is 10.1. The third kappa shape index (κ3) is 2.97. The van der Waals surface area contributed by atoms with Gasteiger partial charge in [-0.2, -0.15) is 0 Å². The van der Waals surface area contributed by atoms with Crippen LogP contribution in [0.3, 0.4) is 0 Å². The van der Waals surface area contributed by atoms with Crippen LogP contribution in [0.25, 0.3) is 0 Å². The highest BCUT2D eigenvalue weighted by atomic mass is 35.5. The lowest BCUT2D eigenvalue weighted by Gasteiger charge is -2.36. The first-order valence-corrected chi connectivity index (χ1v) is 6.23. The number of hydrogen-bond donors (Lipinski definition) is 1. The van der Waals surface area contributed by atoms with Gasteiger partial charge in [-0.15, -0.1) is 0 Å². The molecular formula is C13H18ClNO. The maximum Gasteiger partial charge on any atom is 0.0720 e. The number of nitrogens with two attached hydrogens (primary N) is 1. The number of benzene rings is 1. The molecule has 1 aromatic carbocycles. The summed E-state index contributed by atoms with van der Waals surface area (Å²) in [6, 6.07) is 7.83. The first-order chi connectivity index (χ1) is 7.79. The second kappa shape index (κ2) is 5.67. The van der Waals surface area contributed by atoms with Crippen molar-refractivity contribution in [2.45, 2.75) is 32.0 Å². The Morgan fingerprint density at radius 3 is 2.56 bits per heavy atom. The van der Waals surface area contributed by atoms with Crippen LogP contribution in [-0.4, -0.2) is 12.6 Å². The molecule has 2 rings (SSSR count). The predicted molar refractivity (Wildman–Crippen MR) is 66.4 cm³/mol. The van der Waals surface area contributed by atoms with Crippen LogP contribution in [0.15, 0.2) is 24.3 Å². The van der Waals surface area contributed by atoms with Crippen LogP contribution in [0.2, 0.25) is 5.02 Å². The number of hydrogen-bond acceptors (Lipinski definition) is 2. The Kier molecular flexibility index (Phi) is 4.22. The predicted octanol–water partition coefficient (Wildman–Crippen LogP) is 2.98. The summed E-state index contributed by atoms with van der Waals surface area (Å²) in [5, 5.41) is 0.772. The van der Waals surface area contributed by atoms with Gasteiger partial charge in [-0.05, 0) is 49.4 Å². The molecule has 2 atom stereocenters. The average molecular weight is 240 g/mol. The van der Waals surface area contributed by atoms with E-state index >= 15 is 0 Å². The van der Waals surface area contributed by atoms with Crippen molar-refractivity contribution in [3.63, 3.8) is 0 Å². The highest BCUT2D eigenvalue weighted by Gasteiger charge is 2.30. The molecule has 0 bridgehead atoms. The molecule has 1 aliphatic rings. The van der Waals surface area contributed by atoms with E-state index in [1.54, 1.807) is 0 Å². The van der Waals surface area contributed by atoms with Crippen LogP contribution in [-0.2, 0) is 11.3 Å². The third-order valence-electron chi connectivity index (χ3n) is 3.26. The summed E-state index contributed by atoms with van der Waals surface area (Å²) in [4.78, 5) is 0. The van der Waals surface area contributed by atoms with Gasteiger partial charge in [-0.25, -0.2) is 0 Å². The molecule has 1 aromatic rings. The van der Waals surface area contributed by atoms with E-state index in [-0.39, 0.29) is 0 Å². The van der Waals surface area contributed by atoms with Crippen LogP contribution < -0.4 is 5.73 Å². The third-order valence-corrected chi connectivity index (χ3v) is 3.51. The quantitative estimate of drug-likeness (QED) is 0.858. The van der Waals surface area contributed by atoms with E-state index in [9.17, 15) is 0 Å². The van der Waals surface area contributed by atoms with Gasteiger partial charge in [0.2, 0.25) is 0 Å². The van der Waals surface area contributed by atoms with Gasteiger partial charge in [0.25, 0.3) is 0 Å². The Hall–Kier alpha value is -0.570. The SMILES string of the molecule is NCCC1CC[C@@H]1OCc1ccc(Cl)cc1. The Morgan fingerprint density at radius 2 is 2.00 bits per heavy atom. The van der Waals surface area contributed by atoms with Gasteiger partial charge >= 0.3 is 0 Å². The zero-order chi connectivity index (χ0) is 11.4. The lowest BCUT2D eigenvalue weighted by Crippen LogP contribution is -2.35. The second-order valence-electron chi connectivity index (χ2n) is 4.39. The average Bonchev–Trinajstić information content (AvgIpc) is 2.27. The van der Waals surface area contributed by atoms with Crippen molar-refractivity contribution in [3.8, 4) is 0 Å². The molecule has 0 amide bonds. The molecule has 0 saturated heterocycles. The van der Waals surface area contributed by atoms with Gasteiger partial charge in [0, 0.05) is 5.02 Å². The summed E-state index contributed by atoms with van der Waals surface area (Å²) >= 11 is 5.82. The van der Waals surface area contributed by atoms with E-state index < -0.39 is 0 Å². The Morgan fingerprint density at radius 1 is 1.25 bits per heavy atom. The normalized spacial score (nSPS) is 24.1. The molecule has 0 spiro atoms. The van der Waals surface area contributed by atoms with Gasteiger partial charge < -0.3 is 10.5 Å². The van der Waals surface area contributed by atoms with E-state index in [1.165, 1.54) is 18.4 Å². The minimum Gasteiger partial charge on any atom is -0.373 e. The maximum atomic E-state index is 5.87. The Labute approximate surface area is 102 Å². The maximum absolute atomic E-state index is 5.87. The molecule has 88 valence electrons. The lowest BCUT2D eigenvalue weighted by atomic mass is 9.79. The first-order valence-electron chi connectivity index (χ1n) is 5.85. The summed E-state index contributed by atoms with van der Waals surface area (Å²) in [5.74, 6) is 0.678. The number of rotatable bonds is 5. The summed E-state index contributed by atoms with van der Waals surface area (Å²) in [6.45, 7) is 1.45. The van der Waals surface area contributed by atoms with Gasteiger partial charge in [-0.3, -0.25) is 0 Å². The fourth-order valence-corrected chi connectivity index (χ4v) is 2.21. The van der Waals surface area contributed by atoms with Gasteiger partial charge in [0.1, 0.15) is 0 Å². The van der Waals surface area contributed by atoms with Gasteiger partial charge in [-0.1, -0.05) is 23.7 Å². The van der Waals surface area contributed by atoms with E-state index in [2.05, 4.69) is 0 Å². The van der Waals surface area contributed by atoms with Crippen molar-refractivity contribution in [1.82, 2.24) is 0 Å². The molecule has 3 heteroatoms. The standard InChI is InChI=1S/C13H18ClNO/c14-12-4-1-10(2-5-12)9-16-13-6-3-11(13)7-8-15/h1-2,4-5,11,13H,3,6-9,15H2/t11?,13-/m0/s1. The summed E-state index contributed by atoms with van der Waals surface area (Å²) in [5.41, 5.74) is 6.74. The molecule has 2 nitrogen and oxygen atoms in total. The lowest BCUT2D eigenvalue weighted by molar-refractivity contribution is -0.0575. The monoisotopic (exact) mass is 239 g/mol. The van der Waals surface area contributed by atoms with E-state index in [0.29, 0.717) is 18.6 Å². The molecule has 1 fully saturated rings. The van der Waals surface area contributed by atoms with E-state index in [4.69, 9.17) is 22.1 Å². The van der Waals surface area contributed by atoms with Crippen molar-refractivity contribution in [1.29, 1.82) is 0 Å². The summed E-state index contributed by atoms with van der Waals surface area (Å²) in [6.07, 6.45) is 3.95. The number of halogens is 1. The Bertz CT molecular complexity index is 325. The topological polar surface area (TPSA) is 35.2 Å². The Balaban J connectivity index is 1.77. The van der Waals surface area contributed by atoms with Crippen molar-refractivity contribution < 1.29 is 4.74 Å². The summed E-state index contributed by atoms with van der Waals surface area (Å²) in [7, 11) is 0. The van der Waals surface area contributed by atoms with Gasteiger partial charge in [0.05, 0.1) is 12.7 Å². The highest BCUT2D eigenvalue weighted by Crippen LogP contribution is 2.33. The fraction of sp³-hybridized carbons (Fsp3) is 0.538. The molecule has 1 unspecified atom stereocenters. The molecule has 0 aromatic heterocycles. The fourth-order valence-electron chi connectivity index (χ4n) is 2.09. The minimum atomic E-state index is 0.416. The van der Waals surface area contributed by atoms with Crippen molar-refractivity contribution in [2.24, 2.45) is 11.7 Å². The highest BCUT2D eigenvalue weighted by molar-refractivity contribution is 6.30. The van der Waals surface area contributed by atoms with Crippen LogP contribution in [0.1, 0.15) is 24.8 Å². The largest absolute Gasteiger partial charge is 0.373 e. The van der Waals surface area contributed by atoms with Gasteiger partial charge in [0.15, 0.2) is 0 Å². The smallest absolute Gasteiger partial charge is 0.0720 e. The molecule has 1 saturated carbocycles. The molecular weight excluding hydrogens is 222 g/mol. The van der Waals surface area contributed by atoms with Crippen LogP contribution in [0.4, 0.5) is 0 Å². The number of ether oxygens (including phenoxy) is 1. The van der Waals surface area contributed by atoms with Crippen molar-refractivity contribution in [2.75, 3.05) is 6.54 Å². The van der Waals surface area contributed by atoms with Crippen molar-refractivity contribution >= 4 is 11.6 Å². The van der Waals surface area contributed by atoms with E-state index in [1.807, 2.05) is 24.3 Å². The molecule has 0 radical (unpaired) electrons. The van der Waals surface area contributed by atoms with Crippen LogP contribution in [0.5, 0.6) is 0 Å². The van der Waals surface area contributed by atoms with Crippen LogP contribution in [0, 0.1) is 5.92 Å². The minimum absolute atomic E-state index is 0.416. The van der Waals surface area contributed by atoms with Crippen LogP contribution >= 0.6 is 11.6 Å². The molecule has 1 aliphatic carbocycles. The molecule has 0 heterocycles. The molecule has 2 N–H and O–H groups in total. The van der Waals surface area contributed by atoms with Crippen molar-refractivity contribution in [3.05, 3.63) is 34.9 Å². The zero-order valence-electron chi connectivity index (χ0n) is 9.36. The second-order valence-corrected chi connectivity index (χ2v) is 4.83. The summed E-state index contributed by atoms with van der Waals surface area (Å²) < 4.78 is 5.87.